The first-order valence-electron chi connectivity index (χ1n) is 8.60. The van der Waals surface area contributed by atoms with Gasteiger partial charge in [0.15, 0.2) is 5.17 Å². The van der Waals surface area contributed by atoms with Gasteiger partial charge in [-0.2, -0.15) is 5.10 Å². The number of carboxylic acid groups (broad SMARTS) is 1. The molecule has 1 heterocycles. The van der Waals surface area contributed by atoms with Crippen molar-refractivity contribution in [2.75, 3.05) is 0 Å². The van der Waals surface area contributed by atoms with Gasteiger partial charge in [-0.25, -0.2) is 4.79 Å². The van der Waals surface area contributed by atoms with E-state index in [2.05, 4.69) is 15.5 Å². The minimum Gasteiger partial charge on any atom is -0.481 e. The summed E-state index contributed by atoms with van der Waals surface area (Å²) in [5.74, 6) is -1.57. The Kier molecular flexibility index (Phi) is 6.40. The van der Waals surface area contributed by atoms with Crippen LogP contribution in [0, 0.1) is 6.92 Å². The van der Waals surface area contributed by atoms with E-state index in [4.69, 9.17) is 9.84 Å². The molecule has 0 radical (unpaired) electrons. The number of carbonyl (C=O) groups excluding carboxylic acids is 2. The SMILES string of the molecule is Cc1ccc(C(=O)Oc2cccc(/C=N\N=C3\NC(=O)[C@@H](CC(=O)O)S3)c2)cc1. The molecular formula is C20H17N3O5S. The van der Waals surface area contributed by atoms with E-state index in [1.807, 2.05) is 19.1 Å². The van der Waals surface area contributed by atoms with Crippen molar-refractivity contribution in [1.29, 1.82) is 0 Å². The van der Waals surface area contributed by atoms with Gasteiger partial charge in [0.25, 0.3) is 0 Å². The fourth-order valence-electron chi connectivity index (χ4n) is 2.41. The molecule has 3 rings (SSSR count). The number of aliphatic carboxylic acids is 1. The Bertz CT molecular complexity index is 1000. The van der Waals surface area contributed by atoms with Crippen LogP contribution in [0.2, 0.25) is 0 Å². The summed E-state index contributed by atoms with van der Waals surface area (Å²) in [6.45, 7) is 1.93. The number of carbonyl (C=O) groups is 3. The first-order valence-corrected chi connectivity index (χ1v) is 9.48. The lowest BCUT2D eigenvalue weighted by molar-refractivity contribution is -0.138. The Morgan fingerprint density at radius 3 is 2.72 bits per heavy atom. The zero-order valence-electron chi connectivity index (χ0n) is 15.4. The predicted octanol–water partition coefficient (Wildman–Crippen LogP) is 2.61. The topological polar surface area (TPSA) is 117 Å². The molecule has 148 valence electrons. The fraction of sp³-hybridized carbons (Fsp3) is 0.150. The van der Waals surface area contributed by atoms with Gasteiger partial charge >= 0.3 is 11.9 Å². The van der Waals surface area contributed by atoms with Gasteiger partial charge in [-0.3, -0.25) is 9.59 Å². The van der Waals surface area contributed by atoms with Gasteiger partial charge < -0.3 is 15.2 Å². The highest BCUT2D eigenvalue weighted by Gasteiger charge is 2.32. The molecule has 1 fully saturated rings. The highest BCUT2D eigenvalue weighted by atomic mass is 32.2. The van der Waals surface area contributed by atoms with Crippen LogP contribution in [0.1, 0.15) is 27.9 Å². The number of thioether (sulfide) groups is 1. The molecule has 2 N–H and O–H groups in total. The van der Waals surface area contributed by atoms with Crippen LogP contribution in [0.5, 0.6) is 5.75 Å². The van der Waals surface area contributed by atoms with Gasteiger partial charge in [-0.1, -0.05) is 41.6 Å². The van der Waals surface area contributed by atoms with Gasteiger partial charge in [-0.05, 0) is 36.8 Å². The molecule has 0 aliphatic carbocycles. The average molecular weight is 411 g/mol. The molecule has 0 bridgehead atoms. The number of carboxylic acids is 1. The Morgan fingerprint density at radius 2 is 2.00 bits per heavy atom. The lowest BCUT2D eigenvalue weighted by Gasteiger charge is -2.05. The highest BCUT2D eigenvalue weighted by Crippen LogP contribution is 2.22. The van der Waals surface area contributed by atoms with Crippen LogP contribution < -0.4 is 10.1 Å². The van der Waals surface area contributed by atoms with Crippen LogP contribution in [0.3, 0.4) is 0 Å². The number of amides is 1. The quantitative estimate of drug-likeness (QED) is 0.327. The van der Waals surface area contributed by atoms with E-state index in [-0.39, 0.29) is 11.6 Å². The van der Waals surface area contributed by atoms with Crippen molar-refractivity contribution in [3.63, 3.8) is 0 Å². The number of ether oxygens (including phenoxy) is 1. The molecule has 1 saturated heterocycles. The second-order valence-corrected chi connectivity index (χ2v) is 7.36. The van der Waals surface area contributed by atoms with Crippen molar-refractivity contribution in [2.45, 2.75) is 18.6 Å². The third kappa shape index (κ3) is 5.76. The molecule has 2 aromatic carbocycles. The molecular weight excluding hydrogens is 394 g/mol. The zero-order chi connectivity index (χ0) is 20.8. The molecule has 1 aliphatic rings. The molecule has 0 saturated carbocycles. The molecule has 1 atom stereocenters. The number of nitrogens with zero attached hydrogens (tertiary/aromatic N) is 2. The maximum absolute atomic E-state index is 12.2. The van der Waals surface area contributed by atoms with Crippen LogP contribution in [-0.2, 0) is 9.59 Å². The number of benzene rings is 2. The molecule has 29 heavy (non-hydrogen) atoms. The minimum absolute atomic E-state index is 0.236. The predicted molar refractivity (Wildman–Crippen MR) is 109 cm³/mol. The normalized spacial score (nSPS) is 17.5. The summed E-state index contributed by atoms with van der Waals surface area (Å²) in [6.07, 6.45) is 1.15. The highest BCUT2D eigenvalue weighted by molar-refractivity contribution is 8.15. The molecule has 9 heteroatoms. The summed E-state index contributed by atoms with van der Waals surface area (Å²) in [6, 6.07) is 13.8. The summed E-state index contributed by atoms with van der Waals surface area (Å²) in [7, 11) is 0. The van der Waals surface area contributed by atoms with Crippen molar-refractivity contribution in [3.05, 3.63) is 65.2 Å². The maximum Gasteiger partial charge on any atom is 0.343 e. The second kappa shape index (κ2) is 9.16. The lowest BCUT2D eigenvalue weighted by Crippen LogP contribution is -2.26. The van der Waals surface area contributed by atoms with Crippen LogP contribution in [0.25, 0.3) is 0 Å². The van der Waals surface area contributed by atoms with E-state index in [9.17, 15) is 14.4 Å². The average Bonchev–Trinajstić information content (AvgIpc) is 3.01. The van der Waals surface area contributed by atoms with Gasteiger partial charge in [0.05, 0.1) is 18.2 Å². The molecule has 8 nitrogen and oxygen atoms in total. The Hall–Kier alpha value is -3.46. The lowest BCUT2D eigenvalue weighted by atomic mass is 10.1. The van der Waals surface area contributed by atoms with Gasteiger partial charge in [0.2, 0.25) is 5.91 Å². The largest absolute Gasteiger partial charge is 0.481 e. The van der Waals surface area contributed by atoms with E-state index in [1.165, 1.54) is 6.21 Å². The van der Waals surface area contributed by atoms with Crippen LogP contribution in [-0.4, -0.2) is 39.6 Å². The number of hydrogen-bond acceptors (Lipinski definition) is 7. The van der Waals surface area contributed by atoms with E-state index in [0.717, 1.165) is 17.3 Å². The molecule has 2 aromatic rings. The molecule has 1 amide bonds. The summed E-state index contributed by atoms with van der Waals surface area (Å²) >= 11 is 1.02. The Balaban J connectivity index is 1.62. The number of esters is 1. The molecule has 1 aliphatic heterocycles. The van der Waals surface area contributed by atoms with Crippen LogP contribution in [0.4, 0.5) is 0 Å². The third-order valence-electron chi connectivity index (χ3n) is 3.85. The smallest absolute Gasteiger partial charge is 0.343 e. The summed E-state index contributed by atoms with van der Waals surface area (Å²) in [5, 5.41) is 18.6. The van der Waals surface area contributed by atoms with E-state index >= 15 is 0 Å². The van der Waals surface area contributed by atoms with E-state index in [0.29, 0.717) is 16.9 Å². The van der Waals surface area contributed by atoms with Gasteiger partial charge in [0, 0.05) is 0 Å². The van der Waals surface area contributed by atoms with Crippen molar-refractivity contribution < 1.29 is 24.2 Å². The number of nitrogens with one attached hydrogen (secondary N) is 1. The summed E-state index contributed by atoms with van der Waals surface area (Å²) in [5.41, 5.74) is 2.14. The molecule has 0 aromatic heterocycles. The number of aryl methyl sites for hydroxylation is 1. The summed E-state index contributed by atoms with van der Waals surface area (Å²) in [4.78, 5) is 34.6. The van der Waals surface area contributed by atoms with E-state index in [1.54, 1.807) is 36.4 Å². The maximum atomic E-state index is 12.2. The van der Waals surface area contributed by atoms with Crippen molar-refractivity contribution in [1.82, 2.24) is 5.32 Å². The second-order valence-electron chi connectivity index (χ2n) is 6.17. The van der Waals surface area contributed by atoms with Gasteiger partial charge in [0.1, 0.15) is 11.0 Å². The van der Waals surface area contributed by atoms with Crippen LogP contribution >= 0.6 is 11.8 Å². The minimum atomic E-state index is -1.06. The van der Waals surface area contributed by atoms with Crippen molar-refractivity contribution >= 4 is 41.0 Å². The van der Waals surface area contributed by atoms with Gasteiger partial charge in [-0.15, -0.1) is 5.10 Å². The number of hydrogen-bond donors (Lipinski definition) is 2. The number of rotatable bonds is 6. The molecule has 0 unspecified atom stereocenters. The Labute approximate surface area is 170 Å². The van der Waals surface area contributed by atoms with Crippen molar-refractivity contribution in [2.24, 2.45) is 10.2 Å². The number of amidine groups is 1. The van der Waals surface area contributed by atoms with E-state index < -0.39 is 23.1 Å². The van der Waals surface area contributed by atoms with Crippen molar-refractivity contribution in [3.8, 4) is 5.75 Å². The van der Waals surface area contributed by atoms with Crippen LogP contribution in [0.15, 0.2) is 58.7 Å². The zero-order valence-corrected chi connectivity index (χ0v) is 16.2. The standard InChI is InChI=1S/C20H17N3O5S/c1-12-5-7-14(8-6-12)19(27)28-15-4-2-3-13(9-15)11-21-23-20-22-18(26)16(29-20)10-17(24)25/h2-9,11,16H,10H2,1H3,(H,24,25)(H,22,23,26)/b21-11-/t16-/m1/s1. The first-order chi connectivity index (χ1) is 13.9. The monoisotopic (exact) mass is 411 g/mol. The molecule has 0 spiro atoms. The fourth-order valence-corrected chi connectivity index (χ4v) is 3.32. The first kappa shape index (κ1) is 20.3. The Morgan fingerprint density at radius 1 is 1.24 bits per heavy atom. The summed E-state index contributed by atoms with van der Waals surface area (Å²) < 4.78 is 5.37. The third-order valence-corrected chi connectivity index (χ3v) is 4.92.